The highest BCUT2D eigenvalue weighted by atomic mass is 32.2. The Hall–Kier alpha value is -1.83. The molecule has 2 atom stereocenters. The monoisotopic (exact) mass is 474 g/mol. The van der Waals surface area contributed by atoms with Crippen LogP contribution >= 0.6 is 11.9 Å². The standard InChI is InChI=1S/C21H30N4OS.C5H12O/c1-21(2)13-17(14-25(21)15-26)18(16-7-4-3-5-8-16)11-12-23-19-9-6-10-20(24-19)27-22;1-5(2,3)6-4/h3-5,7-8,10,15,17-18H,6,9,11-14,22H2,1-2H3,(H,23,24);1-4H3. The maximum Gasteiger partial charge on any atom is 0.210 e. The van der Waals surface area contributed by atoms with Crippen LogP contribution in [0.25, 0.3) is 0 Å². The Bertz CT molecular complexity index is 802. The van der Waals surface area contributed by atoms with Crippen LogP contribution in [0.5, 0.6) is 0 Å². The van der Waals surface area contributed by atoms with Crippen molar-refractivity contribution < 1.29 is 9.53 Å². The van der Waals surface area contributed by atoms with Gasteiger partial charge in [0, 0.05) is 32.2 Å². The number of amidine groups is 1. The first-order valence-electron chi connectivity index (χ1n) is 11.8. The van der Waals surface area contributed by atoms with Gasteiger partial charge >= 0.3 is 0 Å². The fraction of sp³-hybridized carbons (Fsp3) is 0.615. The molecule has 0 bridgehead atoms. The summed E-state index contributed by atoms with van der Waals surface area (Å²) in [6.07, 6.45) is 7.06. The molecule has 1 aromatic carbocycles. The largest absolute Gasteiger partial charge is 0.379 e. The molecule has 1 saturated heterocycles. The third-order valence-corrected chi connectivity index (χ3v) is 6.88. The van der Waals surface area contributed by atoms with E-state index in [1.54, 1.807) is 7.11 Å². The van der Waals surface area contributed by atoms with E-state index in [-0.39, 0.29) is 11.1 Å². The third-order valence-electron chi connectivity index (χ3n) is 6.35. The van der Waals surface area contributed by atoms with Gasteiger partial charge in [-0.25, -0.2) is 0 Å². The molecule has 0 aromatic heterocycles. The van der Waals surface area contributed by atoms with Gasteiger partial charge in [-0.2, -0.15) is 0 Å². The minimum atomic E-state index is -0.0751. The number of carbonyl (C=O) groups is 1. The molecule has 2 unspecified atom stereocenters. The van der Waals surface area contributed by atoms with Gasteiger partial charge in [-0.15, -0.1) is 0 Å². The van der Waals surface area contributed by atoms with Crippen molar-refractivity contribution in [3.8, 4) is 0 Å². The smallest absolute Gasteiger partial charge is 0.210 e. The molecule has 33 heavy (non-hydrogen) atoms. The molecule has 184 valence electrons. The Morgan fingerprint density at radius 3 is 2.55 bits per heavy atom. The zero-order chi connectivity index (χ0) is 24.5. The predicted molar refractivity (Wildman–Crippen MR) is 140 cm³/mol. The summed E-state index contributed by atoms with van der Waals surface area (Å²) in [6, 6.07) is 10.7. The minimum absolute atomic E-state index is 0.0417. The second kappa shape index (κ2) is 12.6. The number of nitrogens with zero attached hydrogens (tertiary/aromatic N) is 2. The summed E-state index contributed by atoms with van der Waals surface area (Å²) < 4.78 is 4.94. The molecule has 1 fully saturated rings. The van der Waals surface area contributed by atoms with Gasteiger partial charge in [0.2, 0.25) is 6.41 Å². The van der Waals surface area contributed by atoms with Crippen molar-refractivity contribution in [2.24, 2.45) is 16.0 Å². The van der Waals surface area contributed by atoms with Gasteiger partial charge in [0.25, 0.3) is 0 Å². The molecule has 3 rings (SSSR count). The molecular weight excluding hydrogens is 432 g/mol. The first-order valence-corrected chi connectivity index (χ1v) is 12.7. The van der Waals surface area contributed by atoms with Gasteiger partial charge in [-0.1, -0.05) is 36.4 Å². The number of benzene rings is 1. The highest BCUT2D eigenvalue weighted by Crippen LogP contribution is 2.41. The third kappa shape index (κ3) is 8.80. The number of nitrogens with two attached hydrogens (primary N) is 1. The van der Waals surface area contributed by atoms with Gasteiger partial charge in [0.1, 0.15) is 5.84 Å². The van der Waals surface area contributed by atoms with Crippen LogP contribution in [-0.2, 0) is 9.53 Å². The van der Waals surface area contributed by atoms with E-state index in [4.69, 9.17) is 14.9 Å². The van der Waals surface area contributed by atoms with E-state index in [0.717, 1.165) is 56.0 Å². The zero-order valence-corrected chi connectivity index (χ0v) is 22.0. The molecule has 2 heterocycles. The normalized spacial score (nSPS) is 22.2. The van der Waals surface area contributed by atoms with Gasteiger partial charge in [-0.05, 0) is 83.2 Å². The number of likely N-dealkylation sites (tertiary alicyclic amines) is 1. The number of aliphatic imine (C=N–C) groups is 1. The Balaban J connectivity index is 0.000000569. The van der Waals surface area contributed by atoms with E-state index in [1.165, 1.54) is 17.5 Å². The second-order valence-electron chi connectivity index (χ2n) is 10.3. The molecule has 6 nitrogen and oxygen atoms in total. The molecule has 1 aromatic rings. The number of hydrogen-bond donors (Lipinski definition) is 2. The lowest BCUT2D eigenvalue weighted by Crippen LogP contribution is -2.36. The van der Waals surface area contributed by atoms with E-state index >= 15 is 0 Å². The summed E-state index contributed by atoms with van der Waals surface area (Å²) in [7, 11) is 1.71. The Morgan fingerprint density at radius 2 is 2.00 bits per heavy atom. The molecule has 0 radical (unpaired) electrons. The number of carbonyl (C=O) groups excluding carboxylic acids is 1. The average molecular weight is 475 g/mol. The first-order chi connectivity index (χ1) is 15.6. The zero-order valence-electron chi connectivity index (χ0n) is 21.1. The molecule has 2 aliphatic rings. The van der Waals surface area contributed by atoms with Crippen LogP contribution in [0, 0.1) is 5.92 Å². The molecule has 3 N–H and O–H groups in total. The maximum absolute atomic E-state index is 11.5. The first kappa shape index (κ1) is 27.4. The molecule has 2 aliphatic heterocycles. The SMILES string of the molecule is CC1(C)CC(C(CCN=C2CCC=C(SN)N2)c2ccccc2)CN1C=O.COC(C)(C)C. The van der Waals surface area contributed by atoms with E-state index in [2.05, 4.69) is 55.6 Å². The number of ether oxygens (including phenoxy) is 1. The Morgan fingerprint density at radius 1 is 1.33 bits per heavy atom. The summed E-state index contributed by atoms with van der Waals surface area (Å²) >= 11 is 1.24. The van der Waals surface area contributed by atoms with Crippen molar-refractivity contribution in [2.75, 3.05) is 20.2 Å². The van der Waals surface area contributed by atoms with Gasteiger partial charge in [-0.3, -0.25) is 14.9 Å². The molecular formula is C26H42N4O2S. The van der Waals surface area contributed by atoms with Crippen molar-refractivity contribution in [3.05, 3.63) is 47.0 Å². The van der Waals surface area contributed by atoms with Crippen LogP contribution in [0.3, 0.4) is 0 Å². The lowest BCUT2D eigenvalue weighted by Gasteiger charge is -2.27. The van der Waals surface area contributed by atoms with Crippen molar-refractivity contribution in [1.82, 2.24) is 10.2 Å². The Labute approximate surface area is 204 Å². The second-order valence-corrected chi connectivity index (χ2v) is 11.0. The highest BCUT2D eigenvalue weighted by molar-refractivity contribution is 8.00. The van der Waals surface area contributed by atoms with Crippen LogP contribution < -0.4 is 10.5 Å². The topological polar surface area (TPSA) is 80.0 Å². The molecule has 0 saturated carbocycles. The summed E-state index contributed by atoms with van der Waals surface area (Å²) in [5.41, 5.74) is 1.31. The summed E-state index contributed by atoms with van der Waals surface area (Å²) in [6.45, 7) is 12.0. The molecule has 7 heteroatoms. The number of nitrogens with one attached hydrogen (secondary N) is 1. The summed E-state index contributed by atoms with van der Waals surface area (Å²) in [5.74, 6) is 1.89. The van der Waals surface area contributed by atoms with Crippen LogP contribution in [0.4, 0.5) is 0 Å². The van der Waals surface area contributed by atoms with Gasteiger partial charge in [0.15, 0.2) is 0 Å². The number of rotatable bonds is 7. The maximum atomic E-state index is 11.5. The molecule has 0 aliphatic carbocycles. The summed E-state index contributed by atoms with van der Waals surface area (Å²) in [5, 5.41) is 9.95. The molecule has 1 amide bonds. The van der Waals surface area contributed by atoms with Crippen molar-refractivity contribution in [1.29, 1.82) is 0 Å². The summed E-state index contributed by atoms with van der Waals surface area (Å²) in [4.78, 5) is 18.2. The van der Waals surface area contributed by atoms with Crippen LogP contribution in [0.2, 0.25) is 0 Å². The van der Waals surface area contributed by atoms with E-state index in [9.17, 15) is 4.79 Å². The Kier molecular flexibility index (Phi) is 10.5. The lowest BCUT2D eigenvalue weighted by atomic mass is 9.80. The van der Waals surface area contributed by atoms with Crippen LogP contribution in [-0.4, -0.2) is 48.5 Å². The number of allylic oxidation sites excluding steroid dienone is 1. The van der Waals surface area contributed by atoms with Crippen molar-refractivity contribution >= 4 is 24.2 Å². The highest BCUT2D eigenvalue weighted by Gasteiger charge is 2.41. The lowest BCUT2D eigenvalue weighted by molar-refractivity contribution is -0.120. The molecule has 0 spiro atoms. The number of methoxy groups -OCH3 is 1. The fourth-order valence-corrected chi connectivity index (χ4v) is 4.67. The van der Waals surface area contributed by atoms with E-state index in [1.807, 2.05) is 25.7 Å². The van der Waals surface area contributed by atoms with E-state index < -0.39 is 0 Å². The van der Waals surface area contributed by atoms with Crippen molar-refractivity contribution in [2.45, 2.75) is 77.4 Å². The van der Waals surface area contributed by atoms with Gasteiger partial charge in [0.05, 0.1) is 10.6 Å². The van der Waals surface area contributed by atoms with Crippen LogP contribution in [0.1, 0.15) is 71.8 Å². The number of hydrogen-bond acceptors (Lipinski definition) is 5. The van der Waals surface area contributed by atoms with Crippen molar-refractivity contribution in [3.63, 3.8) is 0 Å². The van der Waals surface area contributed by atoms with Gasteiger partial charge < -0.3 is 15.0 Å². The number of amides is 1. The van der Waals surface area contributed by atoms with E-state index in [0.29, 0.717) is 11.8 Å². The quantitative estimate of drug-likeness (QED) is 0.426. The predicted octanol–water partition coefficient (Wildman–Crippen LogP) is 5.08. The average Bonchev–Trinajstić information content (AvgIpc) is 3.11. The minimum Gasteiger partial charge on any atom is -0.379 e. The fourth-order valence-electron chi connectivity index (χ4n) is 4.28. The van der Waals surface area contributed by atoms with Crippen LogP contribution in [0.15, 0.2) is 46.4 Å².